The van der Waals surface area contributed by atoms with Gasteiger partial charge in [-0.2, -0.15) is 0 Å². The highest BCUT2D eigenvalue weighted by atomic mass is 32.1. The molecule has 3 nitrogen and oxygen atoms in total. The van der Waals surface area contributed by atoms with Gasteiger partial charge >= 0.3 is 0 Å². The van der Waals surface area contributed by atoms with Crippen LogP contribution in [-0.2, 0) is 6.54 Å². The van der Waals surface area contributed by atoms with Crippen LogP contribution in [-0.4, -0.2) is 5.91 Å². The van der Waals surface area contributed by atoms with Gasteiger partial charge < -0.3 is 9.73 Å². The van der Waals surface area contributed by atoms with E-state index in [1.807, 2.05) is 48.5 Å². The first-order valence-corrected chi connectivity index (χ1v) is 8.55. The maximum Gasteiger partial charge on any atom is 0.252 e. The summed E-state index contributed by atoms with van der Waals surface area (Å²) >= 11 is 1.63. The molecule has 0 spiro atoms. The smallest absolute Gasteiger partial charge is 0.252 e. The molecule has 118 valence electrons. The standard InChI is InChI=1S/C20H15NO2S/c22-20(19-7-3-5-14-4-1-2-6-18(14)19)21-11-17-10-16(13-24-17)15-8-9-23-12-15/h1-10,12-13H,11H2,(H,21,22). The van der Waals surface area contributed by atoms with Gasteiger partial charge in [0.05, 0.1) is 19.1 Å². The van der Waals surface area contributed by atoms with Crippen LogP contribution in [0.5, 0.6) is 0 Å². The number of nitrogens with one attached hydrogen (secondary N) is 1. The third-order valence-electron chi connectivity index (χ3n) is 3.97. The molecule has 2 heterocycles. The van der Waals surface area contributed by atoms with E-state index >= 15 is 0 Å². The molecular weight excluding hydrogens is 318 g/mol. The summed E-state index contributed by atoms with van der Waals surface area (Å²) in [5, 5.41) is 7.14. The van der Waals surface area contributed by atoms with Crippen LogP contribution in [0, 0.1) is 0 Å². The van der Waals surface area contributed by atoms with Crippen molar-refractivity contribution in [3.63, 3.8) is 0 Å². The largest absolute Gasteiger partial charge is 0.472 e. The van der Waals surface area contributed by atoms with Crippen molar-refractivity contribution in [1.29, 1.82) is 0 Å². The van der Waals surface area contributed by atoms with Crippen molar-refractivity contribution >= 4 is 28.0 Å². The van der Waals surface area contributed by atoms with Crippen molar-refractivity contribution in [1.82, 2.24) is 5.32 Å². The summed E-state index contributed by atoms with van der Waals surface area (Å²) in [6, 6.07) is 17.7. The highest BCUT2D eigenvalue weighted by Crippen LogP contribution is 2.26. The van der Waals surface area contributed by atoms with E-state index in [1.54, 1.807) is 23.9 Å². The fraction of sp³-hybridized carbons (Fsp3) is 0.0500. The first-order valence-electron chi connectivity index (χ1n) is 7.67. The van der Waals surface area contributed by atoms with Crippen molar-refractivity contribution in [3.05, 3.63) is 82.9 Å². The average Bonchev–Trinajstić information content (AvgIpc) is 3.30. The van der Waals surface area contributed by atoms with E-state index in [0.29, 0.717) is 12.1 Å². The number of thiophene rings is 1. The molecule has 4 heteroatoms. The topological polar surface area (TPSA) is 42.2 Å². The SMILES string of the molecule is O=C(NCc1cc(-c2ccoc2)cs1)c1cccc2ccccc12. The molecule has 0 aliphatic heterocycles. The lowest BCUT2D eigenvalue weighted by molar-refractivity contribution is 0.0953. The van der Waals surface area contributed by atoms with Crippen molar-refractivity contribution in [2.24, 2.45) is 0 Å². The Balaban J connectivity index is 1.50. The van der Waals surface area contributed by atoms with Gasteiger partial charge in [-0.05, 0) is 39.9 Å². The van der Waals surface area contributed by atoms with Gasteiger partial charge in [-0.3, -0.25) is 4.79 Å². The molecule has 0 fully saturated rings. The number of rotatable bonds is 4. The van der Waals surface area contributed by atoms with Crippen LogP contribution in [0.2, 0.25) is 0 Å². The number of benzene rings is 2. The minimum atomic E-state index is -0.0509. The Bertz CT molecular complexity index is 980. The molecule has 2 aromatic carbocycles. The lowest BCUT2D eigenvalue weighted by atomic mass is 10.0. The molecule has 24 heavy (non-hydrogen) atoms. The first kappa shape index (κ1) is 14.7. The molecular formula is C20H15NO2S. The summed E-state index contributed by atoms with van der Waals surface area (Å²) in [4.78, 5) is 13.7. The lowest BCUT2D eigenvalue weighted by Gasteiger charge is -2.07. The predicted octanol–water partition coefficient (Wildman–Crippen LogP) is 5.09. The fourth-order valence-corrected chi connectivity index (χ4v) is 3.57. The van der Waals surface area contributed by atoms with Crippen LogP contribution in [0.15, 0.2) is 76.9 Å². The summed E-state index contributed by atoms with van der Waals surface area (Å²) in [5.41, 5.74) is 2.88. The maximum absolute atomic E-state index is 12.5. The molecule has 1 N–H and O–H groups in total. The summed E-state index contributed by atoms with van der Waals surface area (Å²) in [6.45, 7) is 0.518. The molecule has 0 saturated carbocycles. The molecule has 0 aliphatic rings. The average molecular weight is 333 g/mol. The van der Waals surface area contributed by atoms with Crippen LogP contribution >= 0.6 is 11.3 Å². The Morgan fingerprint density at radius 3 is 2.79 bits per heavy atom. The monoisotopic (exact) mass is 333 g/mol. The predicted molar refractivity (Wildman–Crippen MR) is 97.1 cm³/mol. The molecule has 0 aliphatic carbocycles. The van der Waals surface area contributed by atoms with E-state index in [2.05, 4.69) is 16.8 Å². The lowest BCUT2D eigenvalue weighted by Crippen LogP contribution is -2.22. The zero-order valence-corrected chi connectivity index (χ0v) is 13.7. The Hall–Kier alpha value is -2.85. The minimum Gasteiger partial charge on any atom is -0.472 e. The highest BCUT2D eigenvalue weighted by Gasteiger charge is 2.10. The van der Waals surface area contributed by atoms with Gasteiger partial charge in [0.15, 0.2) is 0 Å². The van der Waals surface area contributed by atoms with E-state index in [9.17, 15) is 4.79 Å². The van der Waals surface area contributed by atoms with Crippen LogP contribution < -0.4 is 5.32 Å². The Morgan fingerprint density at radius 1 is 1.04 bits per heavy atom. The van der Waals surface area contributed by atoms with E-state index < -0.39 is 0 Å². The Morgan fingerprint density at radius 2 is 1.92 bits per heavy atom. The van der Waals surface area contributed by atoms with Gasteiger partial charge in [0.1, 0.15) is 0 Å². The fourth-order valence-electron chi connectivity index (χ4n) is 2.74. The van der Waals surface area contributed by atoms with Gasteiger partial charge in [0.25, 0.3) is 5.91 Å². The molecule has 0 atom stereocenters. The molecule has 4 aromatic rings. The second-order valence-corrected chi connectivity index (χ2v) is 6.52. The van der Waals surface area contributed by atoms with E-state index in [1.165, 1.54) is 0 Å². The molecule has 1 amide bonds. The first-order chi connectivity index (χ1) is 11.8. The third kappa shape index (κ3) is 2.84. The van der Waals surface area contributed by atoms with E-state index in [0.717, 1.165) is 26.8 Å². The summed E-state index contributed by atoms with van der Waals surface area (Å²) in [6.07, 6.45) is 3.38. The maximum atomic E-state index is 12.5. The van der Waals surface area contributed by atoms with Crippen LogP contribution in [0.1, 0.15) is 15.2 Å². The number of hydrogen-bond acceptors (Lipinski definition) is 3. The summed E-state index contributed by atoms with van der Waals surface area (Å²) in [7, 11) is 0. The van der Waals surface area contributed by atoms with Gasteiger partial charge in [-0.1, -0.05) is 36.4 Å². The van der Waals surface area contributed by atoms with Crippen molar-refractivity contribution < 1.29 is 9.21 Å². The molecule has 0 unspecified atom stereocenters. The van der Waals surface area contributed by atoms with Gasteiger partial charge in [0, 0.05) is 16.0 Å². The molecule has 0 saturated heterocycles. The van der Waals surface area contributed by atoms with Crippen molar-refractivity contribution in [2.45, 2.75) is 6.54 Å². The Labute approximate surface area is 143 Å². The van der Waals surface area contributed by atoms with Gasteiger partial charge in [-0.15, -0.1) is 11.3 Å². The number of fused-ring (bicyclic) bond motifs is 1. The molecule has 0 radical (unpaired) electrons. The summed E-state index contributed by atoms with van der Waals surface area (Å²) in [5.74, 6) is -0.0509. The quantitative estimate of drug-likeness (QED) is 0.565. The summed E-state index contributed by atoms with van der Waals surface area (Å²) < 4.78 is 5.11. The second kappa shape index (κ2) is 6.34. The number of carbonyl (C=O) groups is 1. The zero-order valence-electron chi connectivity index (χ0n) is 12.9. The number of amides is 1. The van der Waals surface area contributed by atoms with Crippen molar-refractivity contribution in [3.8, 4) is 11.1 Å². The third-order valence-corrected chi connectivity index (χ3v) is 4.90. The zero-order chi connectivity index (χ0) is 16.4. The minimum absolute atomic E-state index is 0.0509. The van der Waals surface area contributed by atoms with Gasteiger partial charge in [0.2, 0.25) is 0 Å². The molecule has 0 bridgehead atoms. The highest BCUT2D eigenvalue weighted by molar-refractivity contribution is 7.10. The number of hydrogen-bond donors (Lipinski definition) is 1. The van der Waals surface area contributed by atoms with Crippen molar-refractivity contribution in [2.75, 3.05) is 0 Å². The van der Waals surface area contributed by atoms with Crippen LogP contribution in [0.25, 0.3) is 21.9 Å². The number of furan rings is 1. The van der Waals surface area contributed by atoms with Crippen LogP contribution in [0.3, 0.4) is 0 Å². The van der Waals surface area contributed by atoms with E-state index in [-0.39, 0.29) is 5.91 Å². The molecule has 4 rings (SSSR count). The van der Waals surface area contributed by atoms with E-state index in [4.69, 9.17) is 4.42 Å². The van der Waals surface area contributed by atoms with Crippen LogP contribution in [0.4, 0.5) is 0 Å². The molecule has 2 aromatic heterocycles. The normalized spacial score (nSPS) is 10.8. The number of carbonyl (C=O) groups excluding carboxylic acids is 1. The second-order valence-electron chi connectivity index (χ2n) is 5.52. The van der Waals surface area contributed by atoms with Gasteiger partial charge in [-0.25, -0.2) is 0 Å². The Kier molecular flexibility index (Phi) is 3.89.